The number of aromatic nitrogens is 4. The topological polar surface area (TPSA) is 63.6 Å². The second-order valence-corrected chi connectivity index (χ2v) is 5.69. The van der Waals surface area contributed by atoms with Gasteiger partial charge in [-0.15, -0.1) is 17.9 Å². The van der Waals surface area contributed by atoms with E-state index in [1.165, 1.54) is 0 Å². The van der Waals surface area contributed by atoms with Crippen LogP contribution in [0.5, 0.6) is 0 Å². The molecule has 5 nitrogen and oxygen atoms in total. The zero-order valence-electron chi connectivity index (χ0n) is 11.8. The molecule has 0 amide bonds. The first-order valence-electron chi connectivity index (χ1n) is 6.88. The molecule has 21 heavy (non-hydrogen) atoms. The molecule has 0 saturated carbocycles. The fourth-order valence-electron chi connectivity index (χ4n) is 2.31. The lowest BCUT2D eigenvalue weighted by Gasteiger charge is -2.04. The second kappa shape index (κ2) is 5.65. The highest BCUT2D eigenvalue weighted by atomic mass is 32.1. The van der Waals surface area contributed by atoms with Crippen LogP contribution in [0.4, 0.5) is 0 Å². The monoisotopic (exact) mass is 300 g/mol. The van der Waals surface area contributed by atoms with Crippen molar-refractivity contribution < 1.29 is 0 Å². The first-order chi connectivity index (χ1) is 10.2. The van der Waals surface area contributed by atoms with Gasteiger partial charge in [-0.25, -0.2) is 9.97 Å². The van der Waals surface area contributed by atoms with Crippen molar-refractivity contribution in [3.63, 3.8) is 0 Å². The molecule has 3 aromatic heterocycles. The van der Waals surface area contributed by atoms with Gasteiger partial charge >= 0.3 is 0 Å². The van der Waals surface area contributed by atoms with Gasteiger partial charge in [-0.1, -0.05) is 19.1 Å². The Kier molecular flexibility index (Phi) is 3.70. The van der Waals surface area contributed by atoms with Gasteiger partial charge in [-0.2, -0.15) is 0 Å². The summed E-state index contributed by atoms with van der Waals surface area (Å²) in [5.41, 5.74) is 0.842. The Bertz CT molecular complexity index is 829. The van der Waals surface area contributed by atoms with Crippen molar-refractivity contribution >= 4 is 22.5 Å². The van der Waals surface area contributed by atoms with Crippen LogP contribution in [-0.2, 0) is 13.0 Å². The minimum absolute atomic E-state index is 0.177. The van der Waals surface area contributed by atoms with Crippen LogP contribution in [0.1, 0.15) is 19.2 Å². The summed E-state index contributed by atoms with van der Waals surface area (Å²) >= 11 is 1.59. The van der Waals surface area contributed by atoms with Gasteiger partial charge < -0.3 is 9.55 Å². The van der Waals surface area contributed by atoms with E-state index >= 15 is 0 Å². The van der Waals surface area contributed by atoms with Crippen molar-refractivity contribution in [1.29, 1.82) is 0 Å². The van der Waals surface area contributed by atoms with Crippen LogP contribution >= 0.6 is 11.3 Å². The molecule has 1 N–H and O–H groups in total. The Morgan fingerprint density at radius 2 is 2.33 bits per heavy atom. The molecule has 108 valence electrons. The maximum atomic E-state index is 12.2. The standard InChI is InChI=1S/C15H16N4OS/c1-3-6-11-16-14-12(15(20)17-11)18-13(19(14)8-4-2)10-7-5-9-21-10/h4-5,7,9H,2-3,6,8H2,1H3,(H,16,17,20). The fraction of sp³-hybridized carbons (Fsp3) is 0.267. The van der Waals surface area contributed by atoms with Crippen LogP contribution in [0, 0.1) is 0 Å². The highest BCUT2D eigenvalue weighted by Gasteiger charge is 2.17. The molecule has 0 saturated heterocycles. The van der Waals surface area contributed by atoms with E-state index in [-0.39, 0.29) is 5.56 Å². The summed E-state index contributed by atoms with van der Waals surface area (Å²) in [6, 6.07) is 3.96. The second-order valence-electron chi connectivity index (χ2n) is 4.75. The zero-order chi connectivity index (χ0) is 14.8. The summed E-state index contributed by atoms with van der Waals surface area (Å²) in [4.78, 5) is 25.1. The van der Waals surface area contributed by atoms with Crippen LogP contribution in [0.2, 0.25) is 0 Å². The number of hydrogen-bond donors (Lipinski definition) is 1. The predicted molar refractivity (Wildman–Crippen MR) is 85.7 cm³/mol. The van der Waals surface area contributed by atoms with Crippen molar-refractivity contribution in [2.75, 3.05) is 0 Å². The normalized spacial score (nSPS) is 11.1. The average molecular weight is 300 g/mol. The molecule has 0 atom stereocenters. The minimum atomic E-state index is -0.177. The minimum Gasteiger partial charge on any atom is -0.309 e. The summed E-state index contributed by atoms with van der Waals surface area (Å²) in [5, 5.41) is 1.99. The lowest BCUT2D eigenvalue weighted by Crippen LogP contribution is -2.12. The molecule has 3 heterocycles. The van der Waals surface area contributed by atoms with Crippen molar-refractivity contribution in [2.24, 2.45) is 0 Å². The highest BCUT2D eigenvalue weighted by Crippen LogP contribution is 2.26. The smallest absolute Gasteiger partial charge is 0.279 e. The van der Waals surface area contributed by atoms with Gasteiger partial charge in [-0.3, -0.25) is 4.79 Å². The number of thiophene rings is 1. The number of nitrogens with zero attached hydrogens (tertiary/aromatic N) is 3. The van der Waals surface area contributed by atoms with Gasteiger partial charge in [0.1, 0.15) is 5.82 Å². The third-order valence-electron chi connectivity index (χ3n) is 3.19. The van der Waals surface area contributed by atoms with E-state index in [9.17, 15) is 4.79 Å². The van der Waals surface area contributed by atoms with Crippen LogP contribution in [-0.4, -0.2) is 19.5 Å². The lowest BCUT2D eigenvalue weighted by molar-refractivity contribution is 0.809. The van der Waals surface area contributed by atoms with E-state index in [2.05, 4.69) is 28.5 Å². The first-order valence-corrected chi connectivity index (χ1v) is 7.76. The maximum absolute atomic E-state index is 12.2. The molecule has 0 aliphatic carbocycles. The molecule has 6 heteroatoms. The number of hydrogen-bond acceptors (Lipinski definition) is 4. The quantitative estimate of drug-likeness (QED) is 0.737. The molecule has 0 aliphatic heterocycles. The van der Waals surface area contributed by atoms with E-state index in [0.29, 0.717) is 23.5 Å². The van der Waals surface area contributed by atoms with Crippen molar-refractivity contribution in [3.8, 4) is 10.7 Å². The van der Waals surface area contributed by atoms with Crippen LogP contribution in [0.25, 0.3) is 21.9 Å². The molecule has 0 aromatic carbocycles. The van der Waals surface area contributed by atoms with Gasteiger partial charge in [0.25, 0.3) is 5.56 Å². The van der Waals surface area contributed by atoms with E-state index in [1.54, 1.807) is 17.4 Å². The van der Waals surface area contributed by atoms with Crippen LogP contribution in [0.3, 0.4) is 0 Å². The summed E-state index contributed by atoms with van der Waals surface area (Å²) in [6.07, 6.45) is 3.47. The van der Waals surface area contributed by atoms with Gasteiger partial charge in [0, 0.05) is 13.0 Å². The summed E-state index contributed by atoms with van der Waals surface area (Å²) in [6.45, 7) is 6.42. The van der Waals surface area contributed by atoms with Crippen molar-refractivity contribution in [1.82, 2.24) is 19.5 Å². The van der Waals surface area contributed by atoms with E-state index in [4.69, 9.17) is 0 Å². The number of allylic oxidation sites excluding steroid dienone is 1. The van der Waals surface area contributed by atoms with Crippen molar-refractivity contribution in [2.45, 2.75) is 26.3 Å². The zero-order valence-corrected chi connectivity index (χ0v) is 12.6. The van der Waals surface area contributed by atoms with Gasteiger partial charge in [-0.05, 0) is 17.9 Å². The Morgan fingerprint density at radius 3 is 3.00 bits per heavy atom. The molecule has 0 spiro atoms. The number of imidazole rings is 1. The average Bonchev–Trinajstić information content (AvgIpc) is 3.08. The molecular weight excluding hydrogens is 284 g/mol. The largest absolute Gasteiger partial charge is 0.309 e. The lowest BCUT2D eigenvalue weighted by atomic mass is 10.3. The molecular formula is C15H16N4OS. The SMILES string of the molecule is C=CCn1c(-c2cccs2)nc2c(=O)[nH]c(CCC)nc21. The molecule has 0 radical (unpaired) electrons. The first kappa shape index (κ1) is 13.8. The predicted octanol–water partition coefficient (Wildman–Crippen LogP) is 2.99. The van der Waals surface area contributed by atoms with Gasteiger partial charge in [0.05, 0.1) is 4.88 Å². The third kappa shape index (κ3) is 2.42. The Hall–Kier alpha value is -2.21. The van der Waals surface area contributed by atoms with Gasteiger partial charge in [0.2, 0.25) is 0 Å². The number of fused-ring (bicyclic) bond motifs is 1. The van der Waals surface area contributed by atoms with Crippen molar-refractivity contribution in [3.05, 3.63) is 46.3 Å². The summed E-state index contributed by atoms with van der Waals surface area (Å²) < 4.78 is 1.95. The number of aryl methyl sites for hydroxylation is 1. The number of rotatable bonds is 5. The maximum Gasteiger partial charge on any atom is 0.279 e. The summed E-state index contributed by atoms with van der Waals surface area (Å²) in [7, 11) is 0. The highest BCUT2D eigenvalue weighted by molar-refractivity contribution is 7.13. The molecule has 0 fully saturated rings. The fourth-order valence-corrected chi connectivity index (χ4v) is 3.03. The summed E-state index contributed by atoms with van der Waals surface area (Å²) in [5.74, 6) is 1.48. The number of H-pyrrole nitrogens is 1. The Labute approximate surface area is 126 Å². The third-order valence-corrected chi connectivity index (χ3v) is 4.06. The molecule has 0 unspecified atom stereocenters. The van der Waals surface area contributed by atoms with E-state index in [1.807, 2.05) is 22.1 Å². The van der Waals surface area contributed by atoms with Crippen LogP contribution < -0.4 is 5.56 Å². The molecule has 3 aromatic rings. The molecule has 3 rings (SSSR count). The van der Waals surface area contributed by atoms with Crippen LogP contribution in [0.15, 0.2) is 35.0 Å². The van der Waals surface area contributed by atoms with Gasteiger partial charge in [0.15, 0.2) is 17.0 Å². The van der Waals surface area contributed by atoms with E-state index in [0.717, 1.165) is 23.5 Å². The Morgan fingerprint density at radius 1 is 1.48 bits per heavy atom. The molecule has 0 aliphatic rings. The molecule has 0 bridgehead atoms. The Balaban J connectivity index is 2.29. The van der Waals surface area contributed by atoms with E-state index < -0.39 is 0 Å². The number of aromatic amines is 1. The number of nitrogens with one attached hydrogen (secondary N) is 1.